The van der Waals surface area contributed by atoms with E-state index in [1.165, 1.54) is 23.1 Å². The molecule has 0 saturated carbocycles. The lowest BCUT2D eigenvalue weighted by Crippen LogP contribution is -2.05. The van der Waals surface area contributed by atoms with Crippen molar-refractivity contribution in [2.75, 3.05) is 5.75 Å². The van der Waals surface area contributed by atoms with Crippen LogP contribution in [0.3, 0.4) is 0 Å². The van der Waals surface area contributed by atoms with Crippen molar-refractivity contribution in [1.29, 1.82) is 0 Å². The molecule has 0 radical (unpaired) electrons. The van der Waals surface area contributed by atoms with Gasteiger partial charge in [0.25, 0.3) is 0 Å². The van der Waals surface area contributed by atoms with Crippen LogP contribution in [0, 0.1) is 0 Å². The van der Waals surface area contributed by atoms with Gasteiger partial charge in [-0.15, -0.1) is 11.3 Å². The minimum Gasteiger partial charge on any atom is -0.238 e. The van der Waals surface area contributed by atoms with Crippen LogP contribution in [-0.2, 0) is 0 Å². The first kappa shape index (κ1) is 11.2. The Morgan fingerprint density at radius 2 is 2.38 bits per heavy atom. The molecule has 0 amide bonds. The van der Waals surface area contributed by atoms with E-state index in [1.807, 2.05) is 5.38 Å². The summed E-state index contributed by atoms with van der Waals surface area (Å²) in [5, 5.41) is -1.19. The molecule has 6 heteroatoms. The summed E-state index contributed by atoms with van der Waals surface area (Å²) in [6, 6.07) is 0. The topological polar surface area (TPSA) is 12.9 Å². The van der Waals surface area contributed by atoms with Crippen LogP contribution < -0.4 is 0 Å². The van der Waals surface area contributed by atoms with Gasteiger partial charge in [-0.3, -0.25) is 0 Å². The predicted molar refractivity (Wildman–Crippen MR) is 52.9 cm³/mol. The molecule has 13 heavy (non-hydrogen) atoms. The van der Waals surface area contributed by atoms with Crippen molar-refractivity contribution in [1.82, 2.24) is 4.98 Å². The molecular formula is C7H8ClF2NS2. The summed E-state index contributed by atoms with van der Waals surface area (Å²) >= 11 is 7.73. The molecule has 1 aromatic rings. The van der Waals surface area contributed by atoms with Crippen LogP contribution in [0.15, 0.2) is 15.9 Å². The maximum atomic E-state index is 12.1. The van der Waals surface area contributed by atoms with Gasteiger partial charge in [0.1, 0.15) is 4.34 Å². The van der Waals surface area contributed by atoms with Gasteiger partial charge in [0.05, 0.1) is 0 Å². The molecule has 0 aliphatic rings. The quantitative estimate of drug-likeness (QED) is 0.443. The number of halogens is 3. The molecule has 1 aromatic heterocycles. The molecule has 0 spiro atoms. The van der Waals surface area contributed by atoms with E-state index in [9.17, 15) is 8.78 Å². The highest BCUT2D eigenvalue weighted by Gasteiger charge is 2.23. The van der Waals surface area contributed by atoms with Crippen molar-refractivity contribution in [3.8, 4) is 0 Å². The highest BCUT2D eigenvalue weighted by molar-refractivity contribution is 8.00. The number of hydrogen-bond acceptors (Lipinski definition) is 3. The zero-order chi connectivity index (χ0) is 9.73. The Bertz CT molecular complexity index is 235. The molecule has 0 saturated heterocycles. The van der Waals surface area contributed by atoms with E-state index in [1.54, 1.807) is 6.20 Å². The molecule has 1 nitrogen and oxygen atoms in total. The third kappa shape index (κ3) is 5.44. The van der Waals surface area contributed by atoms with Gasteiger partial charge in [-0.2, -0.15) is 8.78 Å². The first-order valence-electron chi connectivity index (χ1n) is 3.67. The monoisotopic (exact) mass is 243 g/mol. The second kappa shape index (κ2) is 5.12. The van der Waals surface area contributed by atoms with Crippen molar-refractivity contribution in [2.24, 2.45) is 0 Å². The fourth-order valence-electron chi connectivity index (χ4n) is 0.714. The van der Waals surface area contributed by atoms with Crippen molar-refractivity contribution in [3.63, 3.8) is 0 Å². The fraction of sp³-hybridized carbons (Fsp3) is 0.571. The van der Waals surface area contributed by atoms with Crippen molar-refractivity contribution in [3.05, 3.63) is 11.6 Å². The average Bonchev–Trinajstić information content (AvgIpc) is 2.48. The summed E-state index contributed by atoms with van der Waals surface area (Å²) in [7, 11) is 0. The van der Waals surface area contributed by atoms with Crippen LogP contribution in [0.4, 0.5) is 8.78 Å². The highest BCUT2D eigenvalue weighted by Crippen LogP contribution is 2.27. The first-order chi connectivity index (χ1) is 6.08. The largest absolute Gasteiger partial charge is 0.321 e. The molecule has 0 aliphatic carbocycles. The summed E-state index contributed by atoms with van der Waals surface area (Å²) < 4.78 is 25.2. The third-order valence-electron chi connectivity index (χ3n) is 1.24. The minimum atomic E-state index is -3.05. The highest BCUT2D eigenvalue weighted by atomic mass is 35.5. The summed E-state index contributed by atoms with van der Waals surface area (Å²) in [6.07, 6.45) is 1.83. The minimum absolute atomic E-state index is 0.271. The molecular weight excluding hydrogens is 236 g/mol. The van der Waals surface area contributed by atoms with Crippen molar-refractivity contribution >= 4 is 34.7 Å². The van der Waals surface area contributed by atoms with Crippen LogP contribution in [0.1, 0.15) is 12.8 Å². The Balaban J connectivity index is 2.09. The number of thiazole rings is 1. The van der Waals surface area contributed by atoms with Crippen LogP contribution in [-0.4, -0.2) is 16.1 Å². The van der Waals surface area contributed by atoms with Gasteiger partial charge in [0, 0.05) is 23.8 Å². The Labute approximate surface area is 88.5 Å². The van der Waals surface area contributed by atoms with E-state index < -0.39 is 5.38 Å². The van der Waals surface area contributed by atoms with Gasteiger partial charge in [-0.05, 0) is 18.0 Å². The molecule has 0 aliphatic heterocycles. The van der Waals surface area contributed by atoms with E-state index in [-0.39, 0.29) is 6.42 Å². The Kier molecular flexibility index (Phi) is 4.41. The van der Waals surface area contributed by atoms with Gasteiger partial charge < -0.3 is 0 Å². The van der Waals surface area contributed by atoms with Crippen LogP contribution in [0.2, 0.25) is 0 Å². The van der Waals surface area contributed by atoms with Gasteiger partial charge in [-0.25, -0.2) is 4.98 Å². The number of nitrogens with zero attached hydrogens (tertiary/aromatic N) is 1. The maximum absolute atomic E-state index is 12.1. The summed E-state index contributed by atoms with van der Waals surface area (Å²) in [5.41, 5.74) is 0. The van der Waals surface area contributed by atoms with Crippen molar-refractivity contribution < 1.29 is 8.78 Å². The molecule has 1 rings (SSSR count). The average molecular weight is 244 g/mol. The van der Waals surface area contributed by atoms with Gasteiger partial charge >= 0.3 is 5.38 Å². The van der Waals surface area contributed by atoms with Crippen LogP contribution >= 0.6 is 34.7 Å². The van der Waals surface area contributed by atoms with E-state index in [0.717, 1.165) is 4.34 Å². The molecule has 0 fully saturated rings. The summed E-state index contributed by atoms with van der Waals surface area (Å²) in [6.45, 7) is 0. The first-order valence-corrected chi connectivity index (χ1v) is 5.91. The smallest absolute Gasteiger partial charge is 0.238 e. The Morgan fingerprint density at radius 1 is 1.62 bits per heavy atom. The maximum Gasteiger partial charge on any atom is 0.321 e. The van der Waals surface area contributed by atoms with E-state index in [0.29, 0.717) is 12.2 Å². The normalized spacial score (nSPS) is 11.9. The number of hydrogen-bond donors (Lipinski definition) is 0. The zero-order valence-electron chi connectivity index (χ0n) is 6.67. The lowest BCUT2D eigenvalue weighted by atomic mass is 10.3. The van der Waals surface area contributed by atoms with Crippen LogP contribution in [0.5, 0.6) is 0 Å². The SMILES string of the molecule is FC(F)(Cl)CCCSc1nccs1. The van der Waals surface area contributed by atoms with Gasteiger partial charge in [-0.1, -0.05) is 11.8 Å². The number of thioether (sulfide) groups is 1. The van der Waals surface area contributed by atoms with E-state index in [4.69, 9.17) is 11.6 Å². The van der Waals surface area contributed by atoms with Crippen molar-refractivity contribution in [2.45, 2.75) is 22.6 Å². The summed E-state index contributed by atoms with van der Waals surface area (Å²) in [4.78, 5) is 4.01. The number of alkyl halides is 3. The Hall–Kier alpha value is 0.130. The van der Waals surface area contributed by atoms with Gasteiger partial charge in [0.15, 0.2) is 0 Å². The molecule has 74 valence electrons. The second-order valence-corrected chi connectivity index (χ2v) is 5.15. The molecule has 0 aromatic carbocycles. The molecule has 0 unspecified atom stereocenters. The molecule has 0 bridgehead atoms. The molecule has 1 heterocycles. The van der Waals surface area contributed by atoms with Crippen LogP contribution in [0.25, 0.3) is 0 Å². The third-order valence-corrected chi connectivity index (χ3v) is 3.48. The summed E-state index contributed by atoms with van der Waals surface area (Å²) in [5.74, 6) is 0.635. The Morgan fingerprint density at radius 3 is 2.92 bits per heavy atom. The van der Waals surface area contributed by atoms with Gasteiger partial charge in [0.2, 0.25) is 0 Å². The number of aromatic nitrogens is 1. The number of rotatable bonds is 5. The molecule has 0 N–H and O–H groups in total. The second-order valence-electron chi connectivity index (χ2n) is 2.37. The van der Waals surface area contributed by atoms with E-state index in [2.05, 4.69) is 4.98 Å². The standard InChI is InChI=1S/C7H8ClF2NS2/c8-7(9,10)2-1-4-12-6-11-3-5-13-6/h3,5H,1-2,4H2. The van der Waals surface area contributed by atoms with E-state index >= 15 is 0 Å². The zero-order valence-corrected chi connectivity index (χ0v) is 9.06. The molecule has 0 atom stereocenters. The predicted octanol–water partition coefficient (Wildman–Crippen LogP) is 3.85. The lowest BCUT2D eigenvalue weighted by molar-refractivity contribution is 0.0857. The lowest BCUT2D eigenvalue weighted by Gasteiger charge is -2.05. The fourth-order valence-corrected chi connectivity index (χ4v) is 2.49.